The van der Waals surface area contributed by atoms with Gasteiger partial charge < -0.3 is 20.1 Å². The summed E-state index contributed by atoms with van der Waals surface area (Å²) in [5.74, 6) is -2.80. The Morgan fingerprint density at radius 3 is 2.43 bits per heavy atom. The van der Waals surface area contributed by atoms with Gasteiger partial charge >= 0.3 is 5.97 Å². The number of fused-ring (bicyclic) bond motifs is 1. The second-order valence-electron chi connectivity index (χ2n) is 8.80. The average molecular weight is 395 g/mol. The molecule has 2 aliphatic rings. The summed E-state index contributed by atoms with van der Waals surface area (Å²) in [5, 5.41) is 12.8. The second kappa shape index (κ2) is 8.64. The van der Waals surface area contributed by atoms with Crippen LogP contribution in [0.15, 0.2) is 12.2 Å². The number of esters is 1. The van der Waals surface area contributed by atoms with Gasteiger partial charge in [0, 0.05) is 11.5 Å². The lowest BCUT2D eigenvalue weighted by molar-refractivity contribution is -0.155. The number of aliphatic hydroxyl groups is 1. The standard InChI is InChI=1S/C21H34N2O5/c1-7-13(11-24)23-17(18(25)22-21(4,5)6)14-10-9-12(3)15(16(14)19(23)26)20(27)28-8-2/h9-10,12-17,24H,7-8,11H2,1-6H3,(H,22,25)/t12-,13+,14+,15-,16-,17+/m1/s1. The highest BCUT2D eigenvalue weighted by Crippen LogP contribution is 2.45. The van der Waals surface area contributed by atoms with E-state index in [9.17, 15) is 19.5 Å². The van der Waals surface area contributed by atoms with Gasteiger partial charge in [-0.05, 0) is 40.0 Å². The van der Waals surface area contributed by atoms with Crippen molar-refractivity contribution in [3.05, 3.63) is 12.2 Å². The van der Waals surface area contributed by atoms with E-state index in [1.54, 1.807) is 6.92 Å². The number of carbonyl (C=O) groups excluding carboxylic acids is 3. The minimum Gasteiger partial charge on any atom is -0.466 e. The molecular formula is C21H34N2O5. The minimum absolute atomic E-state index is 0.162. The number of amides is 2. The molecule has 0 aromatic rings. The number of hydrogen-bond acceptors (Lipinski definition) is 5. The Morgan fingerprint density at radius 1 is 1.29 bits per heavy atom. The van der Waals surface area contributed by atoms with Crippen LogP contribution in [0, 0.1) is 23.7 Å². The van der Waals surface area contributed by atoms with Crippen LogP contribution >= 0.6 is 0 Å². The van der Waals surface area contributed by atoms with Gasteiger partial charge in [0.25, 0.3) is 0 Å². The van der Waals surface area contributed by atoms with Gasteiger partial charge in [-0.2, -0.15) is 0 Å². The molecule has 2 amide bonds. The highest BCUT2D eigenvalue weighted by atomic mass is 16.5. The van der Waals surface area contributed by atoms with E-state index in [0.29, 0.717) is 6.42 Å². The molecule has 1 aliphatic carbocycles. The average Bonchev–Trinajstić information content (AvgIpc) is 2.88. The molecule has 0 radical (unpaired) electrons. The van der Waals surface area contributed by atoms with Gasteiger partial charge in [0.1, 0.15) is 6.04 Å². The summed E-state index contributed by atoms with van der Waals surface area (Å²) in [7, 11) is 0. The van der Waals surface area contributed by atoms with Gasteiger partial charge in [0.2, 0.25) is 11.8 Å². The first-order chi connectivity index (χ1) is 13.1. The van der Waals surface area contributed by atoms with Gasteiger partial charge in [-0.15, -0.1) is 0 Å². The summed E-state index contributed by atoms with van der Waals surface area (Å²) < 4.78 is 5.24. The first-order valence-corrected chi connectivity index (χ1v) is 10.2. The number of nitrogens with one attached hydrogen (secondary N) is 1. The molecule has 1 aliphatic heterocycles. The number of carbonyl (C=O) groups is 3. The van der Waals surface area contributed by atoms with Crippen LogP contribution in [-0.2, 0) is 19.1 Å². The maximum atomic E-state index is 13.4. The molecule has 158 valence electrons. The Morgan fingerprint density at radius 2 is 1.93 bits per heavy atom. The van der Waals surface area contributed by atoms with Crippen molar-refractivity contribution in [3.63, 3.8) is 0 Å². The van der Waals surface area contributed by atoms with Gasteiger partial charge in [-0.1, -0.05) is 26.0 Å². The Bertz CT molecular complexity index is 635. The third-order valence-electron chi connectivity index (χ3n) is 5.61. The molecular weight excluding hydrogens is 360 g/mol. The van der Waals surface area contributed by atoms with Crippen molar-refractivity contribution in [1.82, 2.24) is 10.2 Å². The van der Waals surface area contributed by atoms with E-state index in [2.05, 4.69) is 5.32 Å². The molecule has 0 aromatic heterocycles. The molecule has 1 saturated heterocycles. The van der Waals surface area contributed by atoms with E-state index in [0.717, 1.165) is 0 Å². The Balaban J connectivity index is 2.50. The maximum Gasteiger partial charge on any atom is 0.310 e. The van der Waals surface area contributed by atoms with Crippen molar-refractivity contribution in [3.8, 4) is 0 Å². The molecule has 0 saturated carbocycles. The van der Waals surface area contributed by atoms with Gasteiger partial charge in [0.05, 0.1) is 31.1 Å². The molecule has 28 heavy (non-hydrogen) atoms. The van der Waals surface area contributed by atoms with Crippen LogP contribution in [0.3, 0.4) is 0 Å². The topological polar surface area (TPSA) is 95.9 Å². The third kappa shape index (κ3) is 4.24. The van der Waals surface area contributed by atoms with Crippen molar-refractivity contribution < 1.29 is 24.2 Å². The fourth-order valence-electron chi connectivity index (χ4n) is 4.39. The first kappa shape index (κ1) is 22.4. The summed E-state index contributed by atoms with van der Waals surface area (Å²) in [6, 6.07) is -1.23. The smallest absolute Gasteiger partial charge is 0.310 e. The van der Waals surface area contributed by atoms with E-state index in [1.165, 1.54) is 4.90 Å². The quantitative estimate of drug-likeness (QED) is 0.526. The lowest BCUT2D eigenvalue weighted by atomic mass is 9.70. The lowest BCUT2D eigenvalue weighted by Crippen LogP contribution is -2.55. The molecule has 2 rings (SSSR count). The zero-order valence-corrected chi connectivity index (χ0v) is 17.8. The number of aliphatic hydroxyl groups excluding tert-OH is 1. The Kier molecular flexibility index (Phi) is 6.91. The van der Waals surface area contributed by atoms with Crippen molar-refractivity contribution in [2.75, 3.05) is 13.2 Å². The first-order valence-electron chi connectivity index (χ1n) is 10.2. The summed E-state index contributed by atoms with van der Waals surface area (Å²) >= 11 is 0. The van der Waals surface area contributed by atoms with Gasteiger partial charge in [-0.25, -0.2) is 0 Å². The van der Waals surface area contributed by atoms with Crippen LogP contribution in [0.25, 0.3) is 0 Å². The van der Waals surface area contributed by atoms with Crippen molar-refractivity contribution in [1.29, 1.82) is 0 Å². The molecule has 7 nitrogen and oxygen atoms in total. The number of ether oxygens (including phenoxy) is 1. The fraction of sp³-hybridized carbons (Fsp3) is 0.762. The molecule has 1 heterocycles. The SMILES string of the molecule is CCOC(=O)[C@H]1[C@@H]2C(=O)N([C@@H](CC)CO)[C@H](C(=O)NC(C)(C)C)[C@H]2C=C[C@H]1C. The second-order valence-corrected chi connectivity index (χ2v) is 8.80. The maximum absolute atomic E-state index is 13.4. The van der Waals surface area contributed by atoms with Gasteiger partial charge in [0.15, 0.2) is 0 Å². The molecule has 1 fully saturated rings. The van der Waals surface area contributed by atoms with Crippen LogP contribution in [0.2, 0.25) is 0 Å². The van der Waals surface area contributed by atoms with Crippen molar-refractivity contribution >= 4 is 17.8 Å². The summed E-state index contributed by atoms with van der Waals surface area (Å²) in [6.07, 6.45) is 4.31. The van der Waals surface area contributed by atoms with E-state index in [4.69, 9.17) is 4.74 Å². The number of nitrogens with zero attached hydrogens (tertiary/aromatic N) is 1. The number of hydrogen-bond donors (Lipinski definition) is 2. The third-order valence-corrected chi connectivity index (χ3v) is 5.61. The molecule has 6 atom stereocenters. The van der Waals surface area contributed by atoms with E-state index in [1.807, 2.05) is 46.8 Å². The fourth-order valence-corrected chi connectivity index (χ4v) is 4.39. The summed E-state index contributed by atoms with van der Waals surface area (Å²) in [5.41, 5.74) is -0.461. The molecule has 2 N–H and O–H groups in total. The summed E-state index contributed by atoms with van der Waals surface area (Å²) in [6.45, 7) is 11.1. The lowest BCUT2D eigenvalue weighted by Gasteiger charge is -2.34. The van der Waals surface area contributed by atoms with Crippen LogP contribution in [0.4, 0.5) is 0 Å². The Labute approximate surface area is 167 Å². The van der Waals surface area contributed by atoms with Crippen LogP contribution < -0.4 is 5.32 Å². The van der Waals surface area contributed by atoms with Crippen LogP contribution in [-0.4, -0.2) is 58.6 Å². The summed E-state index contributed by atoms with van der Waals surface area (Å²) in [4.78, 5) is 40.7. The molecule has 0 spiro atoms. The van der Waals surface area contributed by atoms with E-state index in [-0.39, 0.29) is 30.9 Å². The molecule has 0 aromatic carbocycles. The van der Waals surface area contributed by atoms with Gasteiger partial charge in [-0.3, -0.25) is 14.4 Å². The number of likely N-dealkylation sites (tertiary alicyclic amines) is 1. The highest BCUT2D eigenvalue weighted by molar-refractivity contribution is 5.96. The van der Waals surface area contributed by atoms with Crippen molar-refractivity contribution in [2.45, 2.75) is 65.6 Å². The predicted molar refractivity (Wildman–Crippen MR) is 105 cm³/mol. The minimum atomic E-state index is -0.755. The number of rotatable bonds is 6. The zero-order valence-electron chi connectivity index (χ0n) is 17.8. The Hall–Kier alpha value is -1.89. The number of allylic oxidation sites excluding steroid dienone is 1. The largest absolute Gasteiger partial charge is 0.466 e. The van der Waals surface area contributed by atoms with E-state index < -0.39 is 41.3 Å². The molecule has 0 unspecified atom stereocenters. The molecule has 0 bridgehead atoms. The monoisotopic (exact) mass is 394 g/mol. The predicted octanol–water partition coefficient (Wildman–Crippen LogP) is 1.50. The van der Waals surface area contributed by atoms with Crippen LogP contribution in [0.1, 0.15) is 48.0 Å². The van der Waals surface area contributed by atoms with Crippen LogP contribution in [0.5, 0.6) is 0 Å². The van der Waals surface area contributed by atoms with Crippen molar-refractivity contribution in [2.24, 2.45) is 23.7 Å². The normalized spacial score (nSPS) is 30.8. The molecule has 7 heteroatoms. The highest BCUT2D eigenvalue weighted by Gasteiger charge is 2.58. The van der Waals surface area contributed by atoms with E-state index >= 15 is 0 Å². The zero-order chi connectivity index (χ0) is 21.2.